The van der Waals surface area contributed by atoms with Gasteiger partial charge in [-0.15, -0.1) is 0 Å². The average molecular weight is 331 g/mol. The van der Waals surface area contributed by atoms with Gasteiger partial charge in [-0.25, -0.2) is 0 Å². The molecule has 0 atom stereocenters. The van der Waals surface area contributed by atoms with E-state index >= 15 is 0 Å². The Morgan fingerprint density at radius 1 is 1.13 bits per heavy atom. The molecular formula is C15H13N3O4S. The van der Waals surface area contributed by atoms with Crippen molar-refractivity contribution in [2.75, 3.05) is 0 Å². The van der Waals surface area contributed by atoms with Gasteiger partial charge in [-0.1, -0.05) is 12.1 Å². The largest absolute Gasteiger partial charge is 0.507 e. The fourth-order valence-electron chi connectivity index (χ4n) is 1.58. The lowest BCUT2D eigenvalue weighted by Gasteiger charge is -2.10. The van der Waals surface area contributed by atoms with Gasteiger partial charge in [0.05, 0.1) is 11.8 Å². The fourth-order valence-corrected chi connectivity index (χ4v) is 1.73. The van der Waals surface area contributed by atoms with Crippen molar-refractivity contribution in [3.05, 3.63) is 60.1 Å². The van der Waals surface area contributed by atoms with Gasteiger partial charge in [0.1, 0.15) is 11.5 Å². The maximum Gasteiger partial charge on any atom is 0.273 e. The number of amides is 2. The minimum Gasteiger partial charge on any atom is -0.507 e. The van der Waals surface area contributed by atoms with Crippen molar-refractivity contribution >= 4 is 35.2 Å². The Morgan fingerprint density at radius 2 is 1.91 bits per heavy atom. The van der Waals surface area contributed by atoms with Crippen LogP contribution < -0.4 is 16.2 Å². The summed E-state index contributed by atoms with van der Waals surface area (Å²) in [6.45, 7) is 0. The van der Waals surface area contributed by atoms with Crippen LogP contribution in [-0.2, 0) is 4.79 Å². The number of para-hydroxylation sites is 1. The molecule has 0 saturated carbocycles. The molecule has 0 aliphatic carbocycles. The Labute approximate surface area is 137 Å². The summed E-state index contributed by atoms with van der Waals surface area (Å²) in [4.78, 5) is 23.4. The van der Waals surface area contributed by atoms with Gasteiger partial charge >= 0.3 is 0 Å². The zero-order chi connectivity index (χ0) is 16.7. The molecule has 2 amide bonds. The first-order valence-electron chi connectivity index (χ1n) is 6.47. The van der Waals surface area contributed by atoms with Crippen LogP contribution in [0.5, 0.6) is 5.75 Å². The van der Waals surface area contributed by atoms with E-state index in [0.717, 1.165) is 0 Å². The summed E-state index contributed by atoms with van der Waals surface area (Å²) in [5, 5.41) is 11.8. The maximum absolute atomic E-state index is 11.8. The summed E-state index contributed by atoms with van der Waals surface area (Å²) in [5.41, 5.74) is 4.71. The Hall–Kier alpha value is -3.13. The predicted octanol–water partition coefficient (Wildman–Crippen LogP) is 1.33. The fraction of sp³-hybridized carbons (Fsp3) is 0. The van der Waals surface area contributed by atoms with Crippen molar-refractivity contribution < 1.29 is 19.1 Å². The molecule has 0 fully saturated rings. The van der Waals surface area contributed by atoms with Crippen LogP contribution in [0.4, 0.5) is 0 Å². The monoisotopic (exact) mass is 331 g/mol. The molecule has 0 spiro atoms. The van der Waals surface area contributed by atoms with Gasteiger partial charge < -0.3 is 9.52 Å². The molecule has 1 heterocycles. The van der Waals surface area contributed by atoms with E-state index in [1.165, 1.54) is 30.5 Å². The lowest BCUT2D eigenvalue weighted by atomic mass is 10.2. The number of furan rings is 1. The van der Waals surface area contributed by atoms with E-state index in [1.807, 2.05) is 0 Å². The van der Waals surface area contributed by atoms with Gasteiger partial charge in [0.2, 0.25) is 5.91 Å². The quantitative estimate of drug-likeness (QED) is 0.384. The van der Waals surface area contributed by atoms with Gasteiger partial charge in [0, 0.05) is 6.08 Å². The number of carbonyl (C=O) groups is 2. The van der Waals surface area contributed by atoms with Crippen LogP contribution in [0.2, 0.25) is 0 Å². The molecule has 23 heavy (non-hydrogen) atoms. The first-order chi connectivity index (χ1) is 11.1. The minimum atomic E-state index is -0.592. The summed E-state index contributed by atoms with van der Waals surface area (Å²) in [7, 11) is 0. The number of phenols is 1. The van der Waals surface area contributed by atoms with Crippen LogP contribution >= 0.6 is 12.2 Å². The highest BCUT2D eigenvalue weighted by atomic mass is 32.1. The van der Waals surface area contributed by atoms with Crippen molar-refractivity contribution in [1.82, 2.24) is 16.2 Å². The predicted molar refractivity (Wildman–Crippen MR) is 87.2 cm³/mol. The molecule has 8 heteroatoms. The van der Waals surface area contributed by atoms with Crippen LogP contribution in [0.1, 0.15) is 16.1 Å². The van der Waals surface area contributed by atoms with Crippen molar-refractivity contribution in [1.29, 1.82) is 0 Å². The molecule has 0 radical (unpaired) electrons. The van der Waals surface area contributed by atoms with Gasteiger partial charge in [-0.3, -0.25) is 25.8 Å². The number of hydrogen-bond donors (Lipinski definition) is 4. The van der Waals surface area contributed by atoms with E-state index in [-0.39, 0.29) is 16.4 Å². The van der Waals surface area contributed by atoms with Gasteiger partial charge in [-0.05, 0) is 42.6 Å². The standard InChI is InChI=1S/C15H13N3O4S/c19-12-6-2-1-5-11(12)14(21)17-18-15(23)16-13(20)8-7-10-4-3-9-22-10/h1-9,19H,(H,17,21)(H2,16,18,20,23)/b8-7+. The van der Waals surface area contributed by atoms with Crippen LogP contribution in [-0.4, -0.2) is 22.0 Å². The van der Waals surface area contributed by atoms with E-state index in [2.05, 4.69) is 16.2 Å². The third-order valence-corrected chi connectivity index (χ3v) is 2.82. The van der Waals surface area contributed by atoms with Crippen LogP contribution in [0.3, 0.4) is 0 Å². The summed E-state index contributed by atoms with van der Waals surface area (Å²) in [6, 6.07) is 9.41. The smallest absolute Gasteiger partial charge is 0.273 e. The molecule has 7 nitrogen and oxygen atoms in total. The molecule has 1 aromatic heterocycles. The number of hydrazine groups is 1. The summed E-state index contributed by atoms with van der Waals surface area (Å²) in [5.74, 6) is -0.725. The van der Waals surface area contributed by atoms with Crippen molar-refractivity contribution in [3.8, 4) is 5.75 Å². The zero-order valence-electron chi connectivity index (χ0n) is 11.8. The van der Waals surface area contributed by atoms with E-state index in [9.17, 15) is 14.7 Å². The molecule has 0 saturated heterocycles. The summed E-state index contributed by atoms with van der Waals surface area (Å²) >= 11 is 4.87. The minimum absolute atomic E-state index is 0.0758. The average Bonchev–Trinajstić information content (AvgIpc) is 3.04. The molecule has 0 aliphatic rings. The second kappa shape index (κ2) is 7.76. The lowest BCUT2D eigenvalue weighted by molar-refractivity contribution is -0.115. The first-order valence-corrected chi connectivity index (χ1v) is 6.88. The highest BCUT2D eigenvalue weighted by molar-refractivity contribution is 7.80. The first kappa shape index (κ1) is 16.2. The molecule has 1 aromatic carbocycles. The topological polar surface area (TPSA) is 104 Å². The molecule has 4 N–H and O–H groups in total. The molecule has 2 rings (SSSR count). The summed E-state index contributed by atoms with van der Waals surface area (Å²) < 4.78 is 5.03. The molecule has 2 aromatic rings. The second-order valence-corrected chi connectivity index (χ2v) is 4.67. The van der Waals surface area contributed by atoms with Crippen molar-refractivity contribution in [3.63, 3.8) is 0 Å². The van der Waals surface area contributed by atoms with Gasteiger partial charge in [0.25, 0.3) is 5.91 Å². The molecule has 0 aliphatic heterocycles. The number of rotatable bonds is 3. The van der Waals surface area contributed by atoms with Crippen LogP contribution in [0, 0.1) is 0 Å². The highest BCUT2D eigenvalue weighted by Crippen LogP contribution is 2.14. The maximum atomic E-state index is 11.8. The van der Waals surface area contributed by atoms with E-state index < -0.39 is 11.8 Å². The molecule has 0 bridgehead atoms. The Balaban J connectivity index is 1.80. The van der Waals surface area contributed by atoms with E-state index in [0.29, 0.717) is 5.76 Å². The third-order valence-electron chi connectivity index (χ3n) is 2.62. The molecule has 118 valence electrons. The number of carbonyl (C=O) groups excluding carboxylic acids is 2. The number of benzene rings is 1. The number of hydrogen-bond acceptors (Lipinski definition) is 5. The molecule has 0 unspecified atom stereocenters. The number of phenolic OH excluding ortho intramolecular Hbond substituents is 1. The van der Waals surface area contributed by atoms with Gasteiger partial charge in [0.15, 0.2) is 5.11 Å². The number of aromatic hydroxyl groups is 1. The number of nitrogens with one attached hydrogen (secondary N) is 3. The SMILES string of the molecule is O=C(/C=C/c1ccco1)NC(=S)NNC(=O)c1ccccc1O. The highest BCUT2D eigenvalue weighted by Gasteiger charge is 2.10. The second-order valence-electron chi connectivity index (χ2n) is 4.26. The summed E-state index contributed by atoms with van der Waals surface area (Å²) in [6.07, 6.45) is 4.19. The van der Waals surface area contributed by atoms with Gasteiger partial charge in [-0.2, -0.15) is 0 Å². The Kier molecular flexibility index (Phi) is 5.48. The zero-order valence-corrected chi connectivity index (χ0v) is 12.6. The van der Waals surface area contributed by atoms with E-state index in [4.69, 9.17) is 16.6 Å². The van der Waals surface area contributed by atoms with Crippen molar-refractivity contribution in [2.45, 2.75) is 0 Å². The Morgan fingerprint density at radius 3 is 2.61 bits per heavy atom. The third kappa shape index (κ3) is 4.97. The van der Waals surface area contributed by atoms with Crippen LogP contribution in [0.15, 0.2) is 53.2 Å². The number of thiocarbonyl (C=S) groups is 1. The van der Waals surface area contributed by atoms with E-state index in [1.54, 1.807) is 24.3 Å². The lowest BCUT2D eigenvalue weighted by Crippen LogP contribution is -2.48. The van der Waals surface area contributed by atoms with Crippen LogP contribution in [0.25, 0.3) is 6.08 Å². The molecular weight excluding hydrogens is 318 g/mol. The normalized spacial score (nSPS) is 10.3. The van der Waals surface area contributed by atoms with Crippen molar-refractivity contribution in [2.24, 2.45) is 0 Å². The Bertz CT molecular complexity index is 741.